The first kappa shape index (κ1) is 14.9. The van der Waals surface area contributed by atoms with Crippen LogP contribution in [0.5, 0.6) is 0 Å². The fourth-order valence-corrected chi connectivity index (χ4v) is 3.28. The molecule has 19 heavy (non-hydrogen) atoms. The maximum Gasteiger partial charge on any atom is 0.0406 e. The SMILES string of the molecule is CCC1CCCC(NC(C)c2ccc(Cl)cc2)CC1. The summed E-state index contributed by atoms with van der Waals surface area (Å²) in [4.78, 5) is 0. The van der Waals surface area contributed by atoms with Gasteiger partial charge in [0.15, 0.2) is 0 Å². The van der Waals surface area contributed by atoms with Crippen LogP contribution < -0.4 is 5.32 Å². The number of rotatable bonds is 4. The molecule has 0 saturated heterocycles. The summed E-state index contributed by atoms with van der Waals surface area (Å²) in [7, 11) is 0. The van der Waals surface area contributed by atoms with Gasteiger partial charge in [0.05, 0.1) is 0 Å². The Hall–Kier alpha value is -0.530. The Morgan fingerprint density at radius 2 is 1.89 bits per heavy atom. The molecule has 0 amide bonds. The highest BCUT2D eigenvalue weighted by atomic mass is 35.5. The van der Waals surface area contributed by atoms with Gasteiger partial charge in [-0.3, -0.25) is 0 Å². The van der Waals surface area contributed by atoms with Crippen molar-refractivity contribution in [2.75, 3.05) is 0 Å². The zero-order valence-electron chi connectivity index (χ0n) is 12.2. The van der Waals surface area contributed by atoms with Gasteiger partial charge >= 0.3 is 0 Å². The van der Waals surface area contributed by atoms with Crippen molar-refractivity contribution >= 4 is 11.6 Å². The summed E-state index contributed by atoms with van der Waals surface area (Å²) in [6.07, 6.45) is 8.19. The molecule has 0 bridgehead atoms. The zero-order valence-corrected chi connectivity index (χ0v) is 12.9. The van der Waals surface area contributed by atoms with Gasteiger partial charge in [0.25, 0.3) is 0 Å². The van der Waals surface area contributed by atoms with Crippen LogP contribution in [0.25, 0.3) is 0 Å². The average molecular weight is 280 g/mol. The Kier molecular flexibility index (Phi) is 5.72. The minimum absolute atomic E-state index is 0.417. The van der Waals surface area contributed by atoms with Gasteiger partial charge in [-0.25, -0.2) is 0 Å². The zero-order chi connectivity index (χ0) is 13.7. The second-order valence-corrected chi connectivity index (χ2v) is 6.36. The molecule has 1 fully saturated rings. The summed E-state index contributed by atoms with van der Waals surface area (Å²) in [5, 5.41) is 4.61. The largest absolute Gasteiger partial charge is 0.307 e. The van der Waals surface area contributed by atoms with Gasteiger partial charge in [-0.05, 0) is 49.8 Å². The van der Waals surface area contributed by atoms with Gasteiger partial charge in [-0.2, -0.15) is 0 Å². The van der Waals surface area contributed by atoms with E-state index in [0.29, 0.717) is 12.1 Å². The molecule has 1 saturated carbocycles. The van der Waals surface area contributed by atoms with E-state index in [1.165, 1.54) is 44.1 Å². The minimum atomic E-state index is 0.417. The first-order valence-electron chi connectivity index (χ1n) is 7.70. The third-order valence-electron chi connectivity index (χ3n) is 4.52. The molecular formula is C17H26ClN. The smallest absolute Gasteiger partial charge is 0.0406 e. The van der Waals surface area contributed by atoms with Crippen LogP contribution in [-0.2, 0) is 0 Å². The molecule has 0 spiro atoms. The Balaban J connectivity index is 1.88. The first-order valence-corrected chi connectivity index (χ1v) is 8.08. The Morgan fingerprint density at radius 1 is 1.16 bits per heavy atom. The van der Waals surface area contributed by atoms with E-state index >= 15 is 0 Å². The topological polar surface area (TPSA) is 12.0 Å². The number of benzene rings is 1. The minimum Gasteiger partial charge on any atom is -0.307 e. The Labute approximate surface area is 122 Å². The summed E-state index contributed by atoms with van der Waals surface area (Å²) in [6.45, 7) is 4.58. The van der Waals surface area contributed by atoms with E-state index in [2.05, 4.69) is 31.3 Å². The third-order valence-corrected chi connectivity index (χ3v) is 4.77. The standard InChI is InChI=1S/C17H26ClN/c1-3-14-5-4-6-17(12-7-14)19-13(2)15-8-10-16(18)11-9-15/h8-11,13-14,17,19H,3-7,12H2,1-2H3. The lowest BCUT2D eigenvalue weighted by molar-refractivity contribution is 0.400. The molecule has 2 heteroatoms. The molecule has 3 unspecified atom stereocenters. The lowest BCUT2D eigenvalue weighted by Crippen LogP contribution is -2.31. The molecule has 1 aliphatic carbocycles. The predicted octanol–water partition coefficient (Wildman–Crippen LogP) is 5.35. The fourth-order valence-electron chi connectivity index (χ4n) is 3.15. The van der Waals surface area contributed by atoms with Crippen molar-refractivity contribution in [3.05, 3.63) is 34.9 Å². The fraction of sp³-hybridized carbons (Fsp3) is 0.647. The van der Waals surface area contributed by atoms with Gasteiger partial charge in [0.1, 0.15) is 0 Å². The Bertz CT molecular complexity index is 373. The van der Waals surface area contributed by atoms with Crippen LogP contribution in [0.2, 0.25) is 5.02 Å². The Morgan fingerprint density at radius 3 is 2.58 bits per heavy atom. The summed E-state index contributed by atoms with van der Waals surface area (Å²) in [5.41, 5.74) is 1.33. The maximum absolute atomic E-state index is 5.94. The van der Waals surface area contributed by atoms with E-state index in [-0.39, 0.29) is 0 Å². The van der Waals surface area contributed by atoms with Crippen LogP contribution in [-0.4, -0.2) is 6.04 Å². The molecule has 0 aliphatic heterocycles. The molecule has 0 radical (unpaired) electrons. The molecule has 1 aromatic rings. The van der Waals surface area contributed by atoms with Crippen LogP contribution in [0, 0.1) is 5.92 Å². The van der Waals surface area contributed by atoms with E-state index < -0.39 is 0 Å². The number of nitrogens with one attached hydrogen (secondary N) is 1. The molecule has 0 heterocycles. The van der Waals surface area contributed by atoms with Gasteiger partial charge in [-0.1, -0.05) is 49.9 Å². The van der Waals surface area contributed by atoms with Crippen LogP contribution in [0.4, 0.5) is 0 Å². The molecule has 1 aromatic carbocycles. The van der Waals surface area contributed by atoms with E-state index in [1.807, 2.05) is 12.1 Å². The number of hydrogen-bond donors (Lipinski definition) is 1. The van der Waals surface area contributed by atoms with E-state index in [9.17, 15) is 0 Å². The summed E-state index contributed by atoms with van der Waals surface area (Å²) < 4.78 is 0. The van der Waals surface area contributed by atoms with Crippen LogP contribution in [0.1, 0.15) is 64.0 Å². The number of halogens is 1. The van der Waals surface area contributed by atoms with Gasteiger partial charge in [0, 0.05) is 17.1 Å². The quantitative estimate of drug-likeness (QED) is 0.733. The van der Waals surface area contributed by atoms with Gasteiger partial charge < -0.3 is 5.32 Å². The molecular weight excluding hydrogens is 254 g/mol. The average Bonchev–Trinajstić information content (AvgIpc) is 2.64. The van der Waals surface area contributed by atoms with Crippen LogP contribution in [0.3, 0.4) is 0 Å². The first-order chi connectivity index (χ1) is 9.19. The highest BCUT2D eigenvalue weighted by molar-refractivity contribution is 6.30. The third kappa shape index (κ3) is 4.50. The molecule has 1 nitrogen and oxygen atoms in total. The van der Waals surface area contributed by atoms with Crippen LogP contribution in [0.15, 0.2) is 24.3 Å². The monoisotopic (exact) mass is 279 g/mol. The lowest BCUT2D eigenvalue weighted by Gasteiger charge is -2.22. The second kappa shape index (κ2) is 7.31. The number of hydrogen-bond acceptors (Lipinski definition) is 1. The van der Waals surface area contributed by atoms with Crippen molar-refractivity contribution in [3.63, 3.8) is 0 Å². The summed E-state index contributed by atoms with van der Waals surface area (Å²) in [6, 6.07) is 9.32. The molecule has 1 aliphatic rings. The molecule has 106 valence electrons. The highest BCUT2D eigenvalue weighted by Gasteiger charge is 2.19. The summed E-state index contributed by atoms with van der Waals surface area (Å²) >= 11 is 5.94. The predicted molar refractivity (Wildman–Crippen MR) is 83.7 cm³/mol. The normalized spacial score (nSPS) is 25.8. The molecule has 1 N–H and O–H groups in total. The maximum atomic E-state index is 5.94. The molecule has 2 rings (SSSR count). The van der Waals surface area contributed by atoms with Crippen LogP contribution >= 0.6 is 11.6 Å². The van der Waals surface area contributed by atoms with Gasteiger partial charge in [-0.15, -0.1) is 0 Å². The summed E-state index contributed by atoms with van der Waals surface area (Å²) in [5.74, 6) is 0.956. The lowest BCUT2D eigenvalue weighted by atomic mass is 9.97. The van der Waals surface area contributed by atoms with Crippen molar-refractivity contribution in [2.45, 2.75) is 64.5 Å². The molecule has 0 aromatic heterocycles. The van der Waals surface area contributed by atoms with Crippen molar-refractivity contribution in [2.24, 2.45) is 5.92 Å². The van der Waals surface area contributed by atoms with Gasteiger partial charge in [0.2, 0.25) is 0 Å². The van der Waals surface area contributed by atoms with E-state index in [1.54, 1.807) is 0 Å². The van der Waals surface area contributed by atoms with Crippen molar-refractivity contribution < 1.29 is 0 Å². The van der Waals surface area contributed by atoms with E-state index in [0.717, 1.165) is 10.9 Å². The van der Waals surface area contributed by atoms with E-state index in [4.69, 9.17) is 11.6 Å². The van der Waals surface area contributed by atoms with Crippen molar-refractivity contribution in [1.82, 2.24) is 5.32 Å². The highest BCUT2D eigenvalue weighted by Crippen LogP contribution is 2.27. The molecule has 3 atom stereocenters. The van der Waals surface area contributed by atoms with Crippen molar-refractivity contribution in [1.29, 1.82) is 0 Å². The van der Waals surface area contributed by atoms with Crippen molar-refractivity contribution in [3.8, 4) is 0 Å². The second-order valence-electron chi connectivity index (χ2n) is 5.92.